The Morgan fingerprint density at radius 1 is 0.580 bits per heavy atom. The van der Waals surface area contributed by atoms with Crippen LogP contribution in [-0.2, 0) is 89.9 Å². The van der Waals surface area contributed by atoms with Crippen LogP contribution < -0.4 is 4.90 Å². The number of hydrogen-bond donors (Lipinski definition) is 6. The Morgan fingerprint density at radius 2 is 1.12 bits per heavy atom. The fourth-order valence-corrected chi connectivity index (χ4v) is 13.7. The molecule has 0 radical (unpaired) electrons. The van der Waals surface area contributed by atoms with Crippen LogP contribution in [0.5, 0.6) is 0 Å². The first kappa shape index (κ1) is 65.1. The standard InChI is InChI=1S/C52H66N2O22S5/c1-51(19-11-31-77(57,58)59)46(54(22-24-72-3)43-18-16-38-40(49(43)51)32-36(78(60,61)62)34-44(38)80(66,67)68)12-7-5-8-13-47-52(2,20-23-74-27-28-76-30-29-75-26-25-73-4)50-41-33-37(79(63,64)65)35-45(81(69,70)71)39(41)15-17-42(50)53(47)21-10-6-9-14-48(55)56/h5,7-8,12-13,15-18,32-35H,6,9-11,14,19-31H2,1-4H3,(H5-,55,56,57,58,59,60,61,62,63,64,65,66,67,68,69,70,71)/p+1. The summed E-state index contributed by atoms with van der Waals surface area (Å²) >= 11 is 0. The Hall–Kier alpha value is -5.09. The number of aliphatic carboxylic acids is 1. The van der Waals surface area contributed by atoms with Crippen LogP contribution in [0.15, 0.2) is 104 Å². The molecule has 0 saturated heterocycles. The predicted octanol–water partition coefficient (Wildman–Crippen LogP) is 6.16. The van der Waals surface area contributed by atoms with E-state index in [2.05, 4.69) is 0 Å². The molecule has 2 heterocycles. The number of carboxylic acids is 1. The van der Waals surface area contributed by atoms with Gasteiger partial charge in [-0.3, -0.25) is 27.6 Å². The summed E-state index contributed by atoms with van der Waals surface area (Å²) in [6, 6.07) is 9.40. The molecule has 0 spiro atoms. The molecule has 29 heteroatoms. The fourth-order valence-electron chi connectivity index (χ4n) is 10.5. The predicted molar refractivity (Wildman–Crippen MR) is 298 cm³/mol. The van der Waals surface area contributed by atoms with E-state index in [1.165, 1.54) is 19.2 Å². The van der Waals surface area contributed by atoms with Gasteiger partial charge >= 0.3 is 5.97 Å². The first-order chi connectivity index (χ1) is 37.9. The van der Waals surface area contributed by atoms with Crippen LogP contribution in [0.2, 0.25) is 0 Å². The Bertz CT molecular complexity index is 3730. The highest BCUT2D eigenvalue weighted by molar-refractivity contribution is 7.87. The molecule has 2 aliphatic rings. The SMILES string of the molecule is COCCOCCOCCOCCC1(C)\C(=C/C=C/C=C/C2=[N+](CCOC)c3ccc4c(S(=O)(=O)O)cc(S(=O)(=O)O)cc4c3C2(C)CCCS(=O)(=O)O)N(CCCCCC(=O)O)c2ccc3c(S(=O)(=O)O)cc(S(=O)(=O)O)cc3c21. The Morgan fingerprint density at radius 3 is 1.65 bits per heavy atom. The van der Waals surface area contributed by atoms with Gasteiger partial charge in [0.2, 0.25) is 5.69 Å². The Labute approximate surface area is 471 Å². The van der Waals surface area contributed by atoms with E-state index in [9.17, 15) is 74.8 Å². The second kappa shape index (κ2) is 26.7. The number of rotatable bonds is 32. The van der Waals surface area contributed by atoms with Gasteiger partial charge in [0.05, 0.1) is 60.6 Å². The Kier molecular flexibility index (Phi) is 21.4. The number of nitrogens with zero attached hydrogens (tertiary/aromatic N) is 2. The van der Waals surface area contributed by atoms with Gasteiger partial charge in [0.25, 0.3) is 50.6 Å². The molecule has 2 atom stereocenters. The van der Waals surface area contributed by atoms with Crippen molar-refractivity contribution in [1.82, 2.24) is 0 Å². The van der Waals surface area contributed by atoms with Gasteiger partial charge in [0.1, 0.15) is 16.4 Å². The lowest BCUT2D eigenvalue weighted by Crippen LogP contribution is -2.32. The molecule has 4 aromatic carbocycles. The van der Waals surface area contributed by atoms with Crippen LogP contribution in [0.3, 0.4) is 0 Å². The Balaban J connectivity index is 1.51. The van der Waals surface area contributed by atoms with Crippen LogP contribution in [0.1, 0.15) is 69.9 Å². The average molecular weight is 1230 g/mol. The normalized spacial score (nSPS) is 18.6. The van der Waals surface area contributed by atoms with Crippen molar-refractivity contribution in [3.05, 3.63) is 95.7 Å². The molecule has 2 unspecified atom stereocenters. The summed E-state index contributed by atoms with van der Waals surface area (Å²) in [4.78, 5) is 10.1. The quantitative estimate of drug-likeness (QED) is 0.0138. The van der Waals surface area contributed by atoms with Crippen molar-refractivity contribution in [3.8, 4) is 0 Å². The molecule has 6 rings (SSSR count). The number of benzene rings is 4. The van der Waals surface area contributed by atoms with Gasteiger partial charge < -0.3 is 33.7 Å². The van der Waals surface area contributed by atoms with Gasteiger partial charge in [-0.15, -0.1) is 0 Å². The maximum Gasteiger partial charge on any atom is 0.303 e. The molecule has 6 N–H and O–H groups in total. The fraction of sp³-hybridized carbons (Fsp3) is 0.462. The van der Waals surface area contributed by atoms with Gasteiger partial charge in [0.15, 0.2) is 12.3 Å². The van der Waals surface area contributed by atoms with Crippen molar-refractivity contribution >= 4 is 95.2 Å². The number of carbonyl (C=O) groups is 1. The monoisotopic (exact) mass is 1230 g/mol. The minimum atomic E-state index is -5.12. The van der Waals surface area contributed by atoms with Crippen molar-refractivity contribution in [2.45, 2.75) is 89.2 Å². The molecule has 0 aliphatic carbocycles. The third kappa shape index (κ3) is 15.8. The van der Waals surface area contributed by atoms with E-state index in [0.717, 1.165) is 12.1 Å². The second-order valence-electron chi connectivity index (χ2n) is 19.7. The number of unbranched alkanes of at least 4 members (excludes halogenated alkanes) is 2. The summed E-state index contributed by atoms with van der Waals surface area (Å²) in [6.07, 6.45) is 9.55. The van der Waals surface area contributed by atoms with E-state index in [4.69, 9.17) is 23.7 Å². The van der Waals surface area contributed by atoms with E-state index >= 15 is 0 Å². The van der Waals surface area contributed by atoms with Crippen molar-refractivity contribution < 1.29 is 103 Å². The lowest BCUT2D eigenvalue weighted by Gasteiger charge is -2.31. The first-order valence-corrected chi connectivity index (χ1v) is 32.7. The van der Waals surface area contributed by atoms with Crippen molar-refractivity contribution in [3.63, 3.8) is 0 Å². The molecular weight excluding hydrogens is 1160 g/mol. The molecule has 2 aliphatic heterocycles. The van der Waals surface area contributed by atoms with Crippen molar-refractivity contribution in [1.29, 1.82) is 0 Å². The summed E-state index contributed by atoms with van der Waals surface area (Å²) in [5, 5.41) is 9.25. The summed E-state index contributed by atoms with van der Waals surface area (Å²) in [6.45, 7) is 5.86. The van der Waals surface area contributed by atoms with E-state index in [1.807, 2.05) is 11.8 Å². The van der Waals surface area contributed by atoms with E-state index in [1.54, 1.807) is 61.1 Å². The maximum atomic E-state index is 12.9. The van der Waals surface area contributed by atoms with Gasteiger partial charge in [-0.1, -0.05) is 30.7 Å². The molecule has 446 valence electrons. The molecule has 0 bridgehead atoms. The lowest BCUT2D eigenvalue weighted by atomic mass is 9.74. The molecule has 0 saturated carbocycles. The largest absolute Gasteiger partial charge is 0.481 e. The molecule has 0 fully saturated rings. The molecule has 24 nitrogen and oxygen atoms in total. The highest BCUT2D eigenvalue weighted by Gasteiger charge is 2.49. The second-order valence-corrected chi connectivity index (χ2v) is 26.9. The zero-order chi connectivity index (χ0) is 59.8. The van der Waals surface area contributed by atoms with Crippen LogP contribution >= 0.6 is 0 Å². The minimum absolute atomic E-state index is 0.0152. The number of ether oxygens (including phenoxy) is 5. The molecular formula is C52H67N2O22S5+. The number of allylic oxidation sites excluding steroid dienone is 6. The summed E-state index contributed by atoms with van der Waals surface area (Å²) in [5.41, 5.74) is 0.180. The molecule has 81 heavy (non-hydrogen) atoms. The lowest BCUT2D eigenvalue weighted by molar-refractivity contribution is -0.441. The van der Waals surface area contributed by atoms with Crippen LogP contribution in [0, 0.1) is 0 Å². The third-order valence-electron chi connectivity index (χ3n) is 14.2. The summed E-state index contributed by atoms with van der Waals surface area (Å²) in [7, 11) is -21.9. The van der Waals surface area contributed by atoms with E-state index in [0.29, 0.717) is 85.1 Å². The van der Waals surface area contributed by atoms with E-state index in [-0.39, 0.29) is 93.4 Å². The van der Waals surface area contributed by atoms with Gasteiger partial charge in [0, 0.05) is 79.1 Å². The maximum absolute atomic E-state index is 12.9. The van der Waals surface area contributed by atoms with Crippen molar-refractivity contribution in [2.75, 3.05) is 90.8 Å². The summed E-state index contributed by atoms with van der Waals surface area (Å²) in [5.74, 6) is -1.67. The number of fused-ring (bicyclic) bond motifs is 6. The molecule has 0 amide bonds. The van der Waals surface area contributed by atoms with Gasteiger partial charge in [-0.25, -0.2) is 0 Å². The van der Waals surface area contributed by atoms with Gasteiger partial charge in [-0.2, -0.15) is 46.7 Å². The van der Waals surface area contributed by atoms with Gasteiger partial charge in [-0.05, 0) is 105 Å². The number of anilines is 1. The van der Waals surface area contributed by atoms with Crippen LogP contribution in [0.4, 0.5) is 11.4 Å². The number of methoxy groups -OCH3 is 2. The minimum Gasteiger partial charge on any atom is -0.481 e. The van der Waals surface area contributed by atoms with Crippen LogP contribution in [0.25, 0.3) is 21.5 Å². The zero-order valence-corrected chi connectivity index (χ0v) is 49.0. The van der Waals surface area contributed by atoms with Crippen LogP contribution in [-0.4, -0.2) is 172 Å². The van der Waals surface area contributed by atoms with Crippen molar-refractivity contribution in [2.24, 2.45) is 0 Å². The third-order valence-corrected chi connectivity index (χ3v) is 18.4. The topological polar surface area (TPSA) is 362 Å². The number of hydrogen-bond acceptors (Lipinski definition) is 17. The highest BCUT2D eigenvalue weighted by atomic mass is 32.2. The smallest absolute Gasteiger partial charge is 0.303 e. The summed E-state index contributed by atoms with van der Waals surface area (Å²) < 4.78 is 207. The average Bonchev–Trinajstić information content (AvgIpc) is 3.09. The number of carboxylic acid groups (broad SMARTS) is 1. The molecule has 4 aromatic rings. The highest BCUT2D eigenvalue weighted by Crippen LogP contribution is 2.54. The molecule has 0 aromatic heterocycles. The zero-order valence-electron chi connectivity index (χ0n) is 44.9. The first-order valence-electron chi connectivity index (χ1n) is 25.4. The van der Waals surface area contributed by atoms with E-state index < -0.39 is 92.7 Å².